The summed E-state index contributed by atoms with van der Waals surface area (Å²) in [7, 11) is 1.58. The van der Waals surface area contributed by atoms with E-state index >= 15 is 0 Å². The highest BCUT2D eigenvalue weighted by Crippen LogP contribution is 2.39. The van der Waals surface area contributed by atoms with Crippen LogP contribution in [0.5, 0.6) is 17.2 Å². The van der Waals surface area contributed by atoms with Crippen molar-refractivity contribution < 1.29 is 19.0 Å². The number of carbonyl (C=O) groups is 1. The van der Waals surface area contributed by atoms with Gasteiger partial charge in [0.15, 0.2) is 11.5 Å². The topological polar surface area (TPSA) is 48.0 Å². The molecule has 2 aromatic carbocycles. The van der Waals surface area contributed by atoms with Crippen LogP contribution in [-0.2, 0) is 4.79 Å². The lowest BCUT2D eigenvalue weighted by molar-refractivity contribution is -0.121. The number of halogens is 1. The Kier molecular flexibility index (Phi) is 8.02. The van der Waals surface area contributed by atoms with Gasteiger partial charge in [-0.2, -0.15) is 0 Å². The Balaban J connectivity index is 1.69. The third kappa shape index (κ3) is 5.61. The predicted octanol–water partition coefficient (Wildman–Crippen LogP) is 5.75. The van der Waals surface area contributed by atoms with Gasteiger partial charge in [-0.3, -0.25) is 9.69 Å². The number of nitrogens with zero attached hydrogens (tertiary/aromatic N) is 1. The highest BCUT2D eigenvalue weighted by Gasteiger charge is 2.30. The van der Waals surface area contributed by atoms with Crippen LogP contribution in [0.2, 0.25) is 0 Å². The molecule has 0 spiro atoms. The van der Waals surface area contributed by atoms with Crippen LogP contribution in [-0.4, -0.2) is 42.0 Å². The first kappa shape index (κ1) is 23.6. The summed E-state index contributed by atoms with van der Waals surface area (Å²) < 4.78 is 18.6. The normalized spacial score (nSPS) is 15.0. The predicted molar refractivity (Wildman–Crippen MR) is 133 cm³/mol. The molecule has 0 unspecified atom stereocenters. The SMILES string of the molecule is CCN1C(=O)/C(=C\c2cc(Br)c(OCCOc3ccc(C)cc3C)c(OC)c2)SC1=S. The van der Waals surface area contributed by atoms with Crippen LogP contribution >= 0.6 is 39.9 Å². The lowest BCUT2D eigenvalue weighted by Crippen LogP contribution is -2.27. The average molecular weight is 522 g/mol. The largest absolute Gasteiger partial charge is 0.493 e. The Morgan fingerprint density at radius 1 is 1.13 bits per heavy atom. The maximum atomic E-state index is 12.5. The van der Waals surface area contributed by atoms with Crippen molar-refractivity contribution in [3.8, 4) is 17.2 Å². The highest BCUT2D eigenvalue weighted by molar-refractivity contribution is 9.10. The number of benzene rings is 2. The number of methoxy groups -OCH3 is 1. The first-order valence-electron chi connectivity index (χ1n) is 9.79. The molecule has 0 radical (unpaired) electrons. The fourth-order valence-corrected chi connectivity index (χ4v) is 5.10. The quantitative estimate of drug-likeness (QED) is 0.250. The number of hydrogen-bond acceptors (Lipinski definition) is 6. The summed E-state index contributed by atoms with van der Waals surface area (Å²) in [6, 6.07) is 9.81. The molecule has 164 valence electrons. The van der Waals surface area contributed by atoms with Gasteiger partial charge in [-0.05, 0) is 72.1 Å². The van der Waals surface area contributed by atoms with Crippen LogP contribution in [0.1, 0.15) is 23.6 Å². The molecule has 0 aliphatic carbocycles. The van der Waals surface area contributed by atoms with Gasteiger partial charge < -0.3 is 14.2 Å². The molecule has 1 heterocycles. The zero-order valence-corrected chi connectivity index (χ0v) is 21.1. The minimum absolute atomic E-state index is 0.0727. The van der Waals surface area contributed by atoms with Gasteiger partial charge in [0, 0.05) is 6.54 Å². The Morgan fingerprint density at radius 2 is 1.87 bits per heavy atom. The number of aryl methyl sites for hydroxylation is 2. The lowest BCUT2D eigenvalue weighted by Gasteiger charge is -2.15. The number of thioether (sulfide) groups is 1. The lowest BCUT2D eigenvalue weighted by atomic mass is 10.1. The van der Waals surface area contributed by atoms with Crippen molar-refractivity contribution in [3.63, 3.8) is 0 Å². The molecule has 0 atom stereocenters. The number of thiocarbonyl (C=S) groups is 1. The molecule has 3 rings (SSSR count). The maximum Gasteiger partial charge on any atom is 0.266 e. The van der Waals surface area contributed by atoms with Crippen molar-refractivity contribution >= 4 is 56.2 Å². The van der Waals surface area contributed by atoms with Crippen molar-refractivity contribution in [1.82, 2.24) is 4.90 Å². The number of carbonyl (C=O) groups excluding carboxylic acids is 1. The molecule has 0 saturated carbocycles. The van der Waals surface area contributed by atoms with E-state index < -0.39 is 0 Å². The smallest absolute Gasteiger partial charge is 0.266 e. The van der Waals surface area contributed by atoms with Crippen LogP contribution in [0, 0.1) is 13.8 Å². The van der Waals surface area contributed by atoms with Crippen LogP contribution in [0.4, 0.5) is 0 Å². The summed E-state index contributed by atoms with van der Waals surface area (Å²) in [6.07, 6.45) is 1.81. The van der Waals surface area contributed by atoms with E-state index in [1.165, 1.54) is 17.3 Å². The van der Waals surface area contributed by atoms with Gasteiger partial charge in [-0.1, -0.05) is 41.7 Å². The third-order valence-electron chi connectivity index (χ3n) is 4.66. The minimum atomic E-state index is -0.0727. The molecular formula is C23H24BrNO4S2. The first-order valence-corrected chi connectivity index (χ1v) is 11.8. The Labute approximate surface area is 200 Å². The standard InChI is InChI=1S/C23H24BrNO4S2/c1-5-25-22(26)20(31-23(25)30)13-16-11-17(24)21(19(12-16)27-4)29-9-8-28-18-7-6-14(2)10-15(18)3/h6-7,10-13H,5,8-9H2,1-4H3/b20-13+. The summed E-state index contributed by atoms with van der Waals surface area (Å²) in [5.74, 6) is 1.93. The summed E-state index contributed by atoms with van der Waals surface area (Å²) in [6.45, 7) is 7.31. The molecule has 2 aromatic rings. The molecule has 5 nitrogen and oxygen atoms in total. The zero-order chi connectivity index (χ0) is 22.5. The number of hydrogen-bond donors (Lipinski definition) is 0. The molecule has 8 heteroatoms. The molecule has 31 heavy (non-hydrogen) atoms. The van der Waals surface area contributed by atoms with Crippen molar-refractivity contribution in [1.29, 1.82) is 0 Å². The van der Waals surface area contributed by atoms with E-state index in [1.54, 1.807) is 12.0 Å². The van der Waals surface area contributed by atoms with Gasteiger partial charge in [-0.15, -0.1) is 0 Å². The average Bonchev–Trinajstić information content (AvgIpc) is 2.99. The molecule has 1 aliphatic rings. The second-order valence-corrected chi connectivity index (χ2v) is 9.46. The first-order chi connectivity index (χ1) is 14.8. The van der Waals surface area contributed by atoms with E-state index in [9.17, 15) is 4.79 Å². The van der Waals surface area contributed by atoms with Crippen LogP contribution in [0.3, 0.4) is 0 Å². The molecule has 1 amide bonds. The number of ether oxygens (including phenoxy) is 3. The second kappa shape index (κ2) is 10.5. The third-order valence-corrected chi connectivity index (χ3v) is 6.62. The zero-order valence-electron chi connectivity index (χ0n) is 17.9. The molecule has 0 aromatic heterocycles. The summed E-state index contributed by atoms with van der Waals surface area (Å²) in [5, 5.41) is 0. The van der Waals surface area contributed by atoms with E-state index in [2.05, 4.69) is 28.9 Å². The van der Waals surface area contributed by atoms with Crippen LogP contribution in [0.25, 0.3) is 6.08 Å². The van der Waals surface area contributed by atoms with Crippen molar-refractivity contribution in [2.24, 2.45) is 0 Å². The van der Waals surface area contributed by atoms with E-state index in [-0.39, 0.29) is 5.91 Å². The number of likely N-dealkylation sites (N-methyl/N-ethyl adjacent to an activating group) is 1. The van der Waals surface area contributed by atoms with E-state index in [0.717, 1.165) is 21.3 Å². The second-order valence-electron chi connectivity index (χ2n) is 6.93. The van der Waals surface area contributed by atoms with Crippen molar-refractivity contribution in [2.75, 3.05) is 26.9 Å². The van der Waals surface area contributed by atoms with E-state index in [4.69, 9.17) is 26.4 Å². The van der Waals surface area contributed by atoms with Gasteiger partial charge in [0.2, 0.25) is 0 Å². The Bertz CT molecular complexity index is 1040. The highest BCUT2D eigenvalue weighted by atomic mass is 79.9. The van der Waals surface area contributed by atoms with Gasteiger partial charge >= 0.3 is 0 Å². The Morgan fingerprint density at radius 3 is 2.52 bits per heavy atom. The van der Waals surface area contributed by atoms with Crippen LogP contribution in [0.15, 0.2) is 39.7 Å². The van der Waals surface area contributed by atoms with Gasteiger partial charge in [-0.25, -0.2) is 0 Å². The summed E-state index contributed by atoms with van der Waals surface area (Å²) in [4.78, 5) is 14.6. The monoisotopic (exact) mass is 521 g/mol. The molecule has 1 saturated heterocycles. The van der Waals surface area contributed by atoms with E-state index in [1.807, 2.05) is 44.2 Å². The van der Waals surface area contributed by atoms with Gasteiger partial charge in [0.1, 0.15) is 23.3 Å². The fourth-order valence-electron chi connectivity index (χ4n) is 3.14. The Hall–Kier alpha value is -2.03. The summed E-state index contributed by atoms with van der Waals surface area (Å²) in [5.41, 5.74) is 3.11. The van der Waals surface area contributed by atoms with Crippen molar-refractivity contribution in [3.05, 3.63) is 56.4 Å². The van der Waals surface area contributed by atoms with Crippen LogP contribution < -0.4 is 14.2 Å². The molecule has 0 bridgehead atoms. The molecule has 0 N–H and O–H groups in total. The maximum absolute atomic E-state index is 12.5. The molecular weight excluding hydrogens is 498 g/mol. The molecule has 1 aliphatic heterocycles. The van der Waals surface area contributed by atoms with Gasteiger partial charge in [0.25, 0.3) is 5.91 Å². The van der Waals surface area contributed by atoms with Gasteiger partial charge in [0.05, 0.1) is 16.5 Å². The fraction of sp³-hybridized carbons (Fsp3) is 0.304. The van der Waals surface area contributed by atoms with E-state index in [0.29, 0.717) is 40.5 Å². The molecule has 1 fully saturated rings. The van der Waals surface area contributed by atoms with Crippen molar-refractivity contribution in [2.45, 2.75) is 20.8 Å². The minimum Gasteiger partial charge on any atom is -0.493 e. The number of rotatable bonds is 8. The summed E-state index contributed by atoms with van der Waals surface area (Å²) >= 11 is 10.1. The number of amides is 1.